The van der Waals surface area contributed by atoms with Crippen LogP contribution in [0.2, 0.25) is 0 Å². The van der Waals surface area contributed by atoms with Crippen LogP contribution >= 0.6 is 23.2 Å². The van der Waals surface area contributed by atoms with Crippen molar-refractivity contribution in [3.05, 3.63) is 24.3 Å². The summed E-state index contributed by atoms with van der Waals surface area (Å²) in [5.41, 5.74) is 0. The number of carbonyl (C=O) groups is 2. The molecule has 3 aliphatic carbocycles. The molecular formula is C14H14Cl2O2. The van der Waals surface area contributed by atoms with Gasteiger partial charge in [-0.25, -0.2) is 0 Å². The predicted molar refractivity (Wildman–Crippen MR) is 70.8 cm³/mol. The Kier molecular flexibility index (Phi) is 2.41. The molecule has 3 fully saturated rings. The monoisotopic (exact) mass is 284 g/mol. The third-order valence-electron chi connectivity index (χ3n) is 4.50. The third kappa shape index (κ3) is 1.12. The Balaban J connectivity index is 1.99. The minimum atomic E-state index is -1.01. The van der Waals surface area contributed by atoms with Crippen LogP contribution in [-0.2, 0) is 9.59 Å². The van der Waals surface area contributed by atoms with Gasteiger partial charge in [0.25, 0.3) is 0 Å². The Morgan fingerprint density at radius 2 is 1.22 bits per heavy atom. The Morgan fingerprint density at radius 3 is 1.50 bits per heavy atom. The van der Waals surface area contributed by atoms with Gasteiger partial charge in [-0.05, 0) is 13.8 Å². The molecule has 3 saturated carbocycles. The summed E-state index contributed by atoms with van der Waals surface area (Å²) in [5, 5.41) is 0. The molecule has 0 radical (unpaired) electrons. The first kappa shape index (κ1) is 12.4. The van der Waals surface area contributed by atoms with E-state index in [1.165, 1.54) is 0 Å². The van der Waals surface area contributed by atoms with Crippen LogP contribution in [0.5, 0.6) is 0 Å². The Hall–Kier alpha value is -0.600. The number of ketones is 2. The molecule has 3 aliphatic rings. The van der Waals surface area contributed by atoms with Gasteiger partial charge in [0, 0.05) is 11.8 Å². The summed E-state index contributed by atoms with van der Waals surface area (Å²) in [7, 11) is 0. The topological polar surface area (TPSA) is 34.1 Å². The van der Waals surface area contributed by atoms with E-state index in [0.29, 0.717) is 0 Å². The summed E-state index contributed by atoms with van der Waals surface area (Å²) in [5.74, 6) is -1.28. The van der Waals surface area contributed by atoms with Crippen molar-refractivity contribution in [2.24, 2.45) is 23.7 Å². The van der Waals surface area contributed by atoms with Crippen LogP contribution in [0.1, 0.15) is 13.8 Å². The smallest absolute Gasteiger partial charge is 0.161 e. The van der Waals surface area contributed by atoms with Crippen LogP contribution in [0.3, 0.4) is 0 Å². The lowest BCUT2D eigenvalue weighted by atomic mass is 9.97. The van der Waals surface area contributed by atoms with Crippen LogP contribution < -0.4 is 0 Å². The summed E-state index contributed by atoms with van der Waals surface area (Å²) in [6, 6.07) is 0. The molecule has 0 heterocycles. The molecular weight excluding hydrogens is 271 g/mol. The summed E-state index contributed by atoms with van der Waals surface area (Å²) >= 11 is 12.8. The van der Waals surface area contributed by atoms with Crippen molar-refractivity contribution in [1.82, 2.24) is 0 Å². The summed E-state index contributed by atoms with van der Waals surface area (Å²) in [6.07, 6.45) is 7.37. The fourth-order valence-corrected chi connectivity index (χ4v) is 4.48. The maximum absolute atomic E-state index is 12.4. The zero-order chi connectivity index (χ0) is 13.3. The molecule has 0 aromatic carbocycles. The standard InChI is InChI=1S/C14H14Cl2O2/c1-3-5-7-9-11(17)14(16)8(6-4-2)10(14)12(18)13(7,9)15/h3-10H,1-2H3/t7-,8+,9+,10-,13-,14+. The highest BCUT2D eigenvalue weighted by molar-refractivity contribution is 6.51. The number of rotatable bonds is 2. The number of allylic oxidation sites excluding steroid dienone is 4. The van der Waals surface area contributed by atoms with Crippen molar-refractivity contribution in [3.8, 4) is 0 Å². The SMILES string of the molecule is CC=C[C@@H]1[C@H]2C(=O)[C@]3(Cl)[C@@H](C=CC)[C@@H]3C(=O)[C@@]12Cl. The van der Waals surface area contributed by atoms with Gasteiger partial charge in [-0.3, -0.25) is 9.59 Å². The zero-order valence-electron chi connectivity index (χ0n) is 10.2. The molecule has 3 rings (SSSR count). The molecule has 0 aromatic rings. The number of alkyl halides is 2. The number of hydrogen-bond acceptors (Lipinski definition) is 2. The third-order valence-corrected chi connectivity index (χ3v) is 5.84. The molecule has 0 spiro atoms. The van der Waals surface area contributed by atoms with Crippen molar-refractivity contribution >= 4 is 34.8 Å². The minimum absolute atomic E-state index is 0.0463. The summed E-state index contributed by atoms with van der Waals surface area (Å²) in [4.78, 5) is 22.8. The number of halogens is 2. The number of carbonyl (C=O) groups excluding carboxylic acids is 2. The van der Waals surface area contributed by atoms with E-state index in [-0.39, 0.29) is 23.4 Å². The minimum Gasteiger partial charge on any atom is -0.297 e. The molecule has 0 bridgehead atoms. The molecule has 0 aromatic heterocycles. The highest BCUT2D eigenvalue weighted by Gasteiger charge is 2.87. The lowest BCUT2D eigenvalue weighted by Crippen LogP contribution is -2.37. The number of hydrogen-bond donors (Lipinski definition) is 0. The first-order valence-electron chi connectivity index (χ1n) is 6.17. The van der Waals surface area contributed by atoms with Gasteiger partial charge in [0.15, 0.2) is 11.6 Å². The summed E-state index contributed by atoms with van der Waals surface area (Å²) in [6.45, 7) is 3.72. The van der Waals surface area contributed by atoms with E-state index in [1.807, 2.05) is 38.2 Å². The van der Waals surface area contributed by atoms with Gasteiger partial charge in [0.1, 0.15) is 9.75 Å². The molecule has 0 saturated heterocycles. The van der Waals surface area contributed by atoms with Gasteiger partial charge in [-0.2, -0.15) is 0 Å². The van der Waals surface area contributed by atoms with Crippen LogP contribution in [0, 0.1) is 23.7 Å². The lowest BCUT2D eigenvalue weighted by molar-refractivity contribution is -0.129. The quantitative estimate of drug-likeness (QED) is 0.577. The number of Topliss-reactive ketones (excluding diaryl/α,β-unsaturated/α-hetero) is 2. The molecule has 96 valence electrons. The van der Waals surface area contributed by atoms with Crippen molar-refractivity contribution in [3.63, 3.8) is 0 Å². The molecule has 0 N–H and O–H groups in total. The summed E-state index contributed by atoms with van der Waals surface area (Å²) < 4.78 is 0. The predicted octanol–water partition coefficient (Wildman–Crippen LogP) is 2.74. The fraction of sp³-hybridized carbons (Fsp3) is 0.571. The van der Waals surface area contributed by atoms with Crippen LogP contribution in [-0.4, -0.2) is 21.3 Å². The molecule has 4 heteroatoms. The van der Waals surface area contributed by atoms with Crippen molar-refractivity contribution in [2.45, 2.75) is 23.6 Å². The van der Waals surface area contributed by atoms with Gasteiger partial charge in [-0.1, -0.05) is 24.3 Å². The van der Waals surface area contributed by atoms with Crippen LogP contribution in [0.25, 0.3) is 0 Å². The van der Waals surface area contributed by atoms with Crippen molar-refractivity contribution in [2.75, 3.05) is 0 Å². The van der Waals surface area contributed by atoms with Crippen LogP contribution in [0.15, 0.2) is 24.3 Å². The second-order valence-electron chi connectivity index (χ2n) is 5.32. The van der Waals surface area contributed by atoms with Crippen molar-refractivity contribution in [1.29, 1.82) is 0 Å². The number of fused-ring (bicyclic) bond motifs is 2. The van der Waals surface area contributed by atoms with E-state index in [4.69, 9.17) is 23.2 Å². The van der Waals surface area contributed by atoms with Crippen molar-refractivity contribution < 1.29 is 9.59 Å². The normalized spacial score (nSPS) is 53.8. The Morgan fingerprint density at radius 1 is 0.889 bits per heavy atom. The van der Waals surface area contributed by atoms with E-state index >= 15 is 0 Å². The highest BCUT2D eigenvalue weighted by Crippen LogP contribution is 2.73. The Labute approximate surface area is 116 Å². The molecule has 2 nitrogen and oxygen atoms in total. The first-order chi connectivity index (χ1) is 8.45. The van der Waals surface area contributed by atoms with E-state index < -0.39 is 21.6 Å². The second kappa shape index (κ2) is 3.49. The van der Waals surface area contributed by atoms with E-state index in [2.05, 4.69) is 0 Å². The maximum Gasteiger partial charge on any atom is 0.161 e. The largest absolute Gasteiger partial charge is 0.297 e. The second-order valence-corrected chi connectivity index (χ2v) is 6.57. The highest BCUT2D eigenvalue weighted by atomic mass is 35.5. The first-order valence-corrected chi connectivity index (χ1v) is 6.93. The zero-order valence-corrected chi connectivity index (χ0v) is 11.7. The van der Waals surface area contributed by atoms with Crippen LogP contribution in [0.4, 0.5) is 0 Å². The average molecular weight is 285 g/mol. The van der Waals surface area contributed by atoms with E-state index in [0.717, 1.165) is 0 Å². The lowest BCUT2D eigenvalue weighted by Gasteiger charge is -2.16. The van der Waals surface area contributed by atoms with Gasteiger partial charge in [-0.15, -0.1) is 23.2 Å². The van der Waals surface area contributed by atoms with Gasteiger partial charge < -0.3 is 0 Å². The average Bonchev–Trinajstić information content (AvgIpc) is 3.13. The fourth-order valence-electron chi connectivity index (χ4n) is 3.50. The molecule has 0 unspecified atom stereocenters. The van der Waals surface area contributed by atoms with Gasteiger partial charge >= 0.3 is 0 Å². The molecule has 0 amide bonds. The maximum atomic E-state index is 12.4. The molecule has 0 aliphatic heterocycles. The van der Waals surface area contributed by atoms with Gasteiger partial charge in [0.2, 0.25) is 0 Å². The molecule has 18 heavy (non-hydrogen) atoms. The van der Waals surface area contributed by atoms with E-state index in [1.54, 1.807) is 0 Å². The Bertz CT molecular complexity index is 464. The van der Waals surface area contributed by atoms with E-state index in [9.17, 15) is 9.59 Å². The molecule has 6 atom stereocenters. The van der Waals surface area contributed by atoms with Gasteiger partial charge in [0.05, 0.1) is 11.8 Å².